The number of fused-ring (bicyclic) bond motifs is 1. The number of aromatic nitrogens is 4. The average molecular weight is 391 g/mol. The van der Waals surface area contributed by atoms with Gasteiger partial charge in [0.2, 0.25) is 5.71 Å². The van der Waals surface area contributed by atoms with Gasteiger partial charge in [-0.3, -0.25) is 4.79 Å². The van der Waals surface area contributed by atoms with E-state index in [0.29, 0.717) is 39.7 Å². The van der Waals surface area contributed by atoms with Gasteiger partial charge in [0.25, 0.3) is 5.91 Å². The molecule has 1 saturated carbocycles. The van der Waals surface area contributed by atoms with Crippen LogP contribution >= 0.6 is 0 Å². The van der Waals surface area contributed by atoms with Gasteiger partial charge in [0, 0.05) is 5.54 Å². The molecule has 0 atom stereocenters. The van der Waals surface area contributed by atoms with Crippen LogP contribution in [0.3, 0.4) is 0 Å². The first-order valence-corrected chi connectivity index (χ1v) is 9.12. The van der Waals surface area contributed by atoms with E-state index in [9.17, 15) is 4.79 Å². The highest BCUT2D eigenvalue weighted by atomic mass is 16.3. The number of carbonyl (C=O) groups is 1. The molecule has 1 aliphatic carbocycles. The van der Waals surface area contributed by atoms with E-state index in [-0.39, 0.29) is 11.4 Å². The Morgan fingerprint density at radius 2 is 2.21 bits per heavy atom. The van der Waals surface area contributed by atoms with Crippen LogP contribution < -0.4 is 10.6 Å². The first kappa shape index (κ1) is 18.6. The Hall–Kier alpha value is -3.75. The fraction of sp³-hybridized carbons (Fsp3) is 0.250. The minimum Gasteiger partial charge on any atom is -0.442 e. The van der Waals surface area contributed by atoms with Crippen molar-refractivity contribution >= 4 is 41.1 Å². The van der Waals surface area contributed by atoms with E-state index in [0.717, 1.165) is 12.8 Å². The van der Waals surface area contributed by atoms with Crippen molar-refractivity contribution < 1.29 is 9.21 Å². The van der Waals surface area contributed by atoms with Gasteiger partial charge in [-0.25, -0.2) is 19.6 Å². The number of carbonyl (C=O) groups excluding carboxylic acids is 1. The summed E-state index contributed by atoms with van der Waals surface area (Å²) in [4.78, 5) is 25.5. The molecule has 1 amide bonds. The summed E-state index contributed by atoms with van der Waals surface area (Å²) in [5.41, 5.74) is 1.26. The number of allylic oxidation sites excluding steroid dienone is 2. The number of rotatable bonds is 7. The number of hydrogen-bond acceptors (Lipinski definition) is 7. The summed E-state index contributed by atoms with van der Waals surface area (Å²) < 4.78 is 7.20. The normalized spacial score (nSPS) is 15.2. The van der Waals surface area contributed by atoms with Crippen molar-refractivity contribution in [3.8, 4) is 0 Å². The zero-order valence-electron chi connectivity index (χ0n) is 16.3. The minimum atomic E-state index is -0.333. The first-order valence-electron chi connectivity index (χ1n) is 9.12. The molecule has 0 bridgehead atoms. The van der Waals surface area contributed by atoms with E-state index in [1.807, 2.05) is 0 Å². The lowest BCUT2D eigenvalue weighted by molar-refractivity contribution is 0.102. The van der Waals surface area contributed by atoms with Crippen LogP contribution in [0, 0.1) is 6.92 Å². The summed E-state index contributed by atoms with van der Waals surface area (Å²) in [6, 6.07) is 0. The number of amides is 1. The van der Waals surface area contributed by atoms with Gasteiger partial charge in [-0.2, -0.15) is 5.10 Å². The van der Waals surface area contributed by atoms with E-state index in [4.69, 9.17) is 4.42 Å². The summed E-state index contributed by atoms with van der Waals surface area (Å²) in [7, 11) is 0. The van der Waals surface area contributed by atoms with E-state index in [2.05, 4.69) is 50.9 Å². The van der Waals surface area contributed by atoms with Gasteiger partial charge >= 0.3 is 0 Å². The summed E-state index contributed by atoms with van der Waals surface area (Å²) in [6.07, 6.45) is 9.94. The molecule has 3 heterocycles. The lowest BCUT2D eigenvalue weighted by atomic mass is 10.1. The molecule has 3 aromatic rings. The molecule has 0 spiro atoms. The van der Waals surface area contributed by atoms with Crippen LogP contribution in [-0.4, -0.2) is 37.9 Å². The van der Waals surface area contributed by atoms with Crippen molar-refractivity contribution in [2.24, 2.45) is 4.99 Å². The Morgan fingerprint density at radius 3 is 2.90 bits per heavy atom. The van der Waals surface area contributed by atoms with Crippen LogP contribution in [0.25, 0.3) is 16.9 Å². The van der Waals surface area contributed by atoms with E-state index >= 15 is 0 Å². The number of aryl methyl sites for hydroxylation is 1. The second-order valence-electron chi connectivity index (χ2n) is 7.17. The minimum absolute atomic E-state index is 0.00702. The molecule has 148 valence electrons. The highest BCUT2D eigenvalue weighted by molar-refractivity contribution is 6.15. The van der Waals surface area contributed by atoms with Gasteiger partial charge in [-0.1, -0.05) is 12.7 Å². The topological polar surface area (TPSA) is 110 Å². The number of furan rings is 1. The van der Waals surface area contributed by atoms with Gasteiger partial charge in [0.1, 0.15) is 17.9 Å². The highest BCUT2D eigenvalue weighted by Crippen LogP contribution is 2.40. The molecular weight excluding hydrogens is 370 g/mol. The molecule has 3 aromatic heterocycles. The standard InChI is InChI=1S/C20H21N7O2/c1-5-6-14(21-4)27-10-13(9-24-27)25-18(28)15-12(2)29-19-16(15)17(22-11-23-19)26-20(3)7-8-20/h5-6,9-11H,1,4,7-8H2,2-3H3,(H,25,28)(H,22,23,26)/b14-6+. The molecule has 4 rings (SSSR count). The highest BCUT2D eigenvalue weighted by Gasteiger charge is 2.38. The van der Waals surface area contributed by atoms with Gasteiger partial charge < -0.3 is 15.1 Å². The maximum Gasteiger partial charge on any atom is 0.260 e. The predicted molar refractivity (Wildman–Crippen MR) is 112 cm³/mol. The fourth-order valence-electron chi connectivity index (χ4n) is 3.02. The monoisotopic (exact) mass is 391 g/mol. The van der Waals surface area contributed by atoms with Crippen LogP contribution in [0.2, 0.25) is 0 Å². The Balaban J connectivity index is 1.66. The van der Waals surface area contributed by atoms with E-state index in [1.54, 1.807) is 25.3 Å². The second kappa shape index (κ2) is 7.01. The average Bonchev–Trinajstić information content (AvgIpc) is 3.09. The molecule has 0 unspecified atom stereocenters. The number of nitrogens with one attached hydrogen (secondary N) is 2. The fourth-order valence-corrected chi connectivity index (χ4v) is 3.02. The van der Waals surface area contributed by atoms with Crippen LogP contribution in [0.15, 0.2) is 46.9 Å². The van der Waals surface area contributed by atoms with Crippen molar-refractivity contribution in [2.75, 3.05) is 10.6 Å². The quantitative estimate of drug-likeness (QED) is 0.470. The molecule has 0 saturated heterocycles. The molecule has 9 nitrogen and oxygen atoms in total. The van der Waals surface area contributed by atoms with Crippen LogP contribution in [0.5, 0.6) is 0 Å². The zero-order valence-corrected chi connectivity index (χ0v) is 16.3. The number of anilines is 2. The van der Waals surface area contributed by atoms with Crippen molar-refractivity contribution in [1.82, 2.24) is 19.7 Å². The molecule has 0 aliphatic heterocycles. The maximum absolute atomic E-state index is 13.1. The Morgan fingerprint density at radius 1 is 1.41 bits per heavy atom. The zero-order chi connectivity index (χ0) is 20.6. The third-order valence-electron chi connectivity index (χ3n) is 4.82. The lowest BCUT2D eigenvalue weighted by Crippen LogP contribution is -2.18. The largest absolute Gasteiger partial charge is 0.442 e. The Labute approximate surface area is 167 Å². The molecule has 1 fully saturated rings. The van der Waals surface area contributed by atoms with Crippen molar-refractivity contribution in [2.45, 2.75) is 32.2 Å². The van der Waals surface area contributed by atoms with E-state index < -0.39 is 0 Å². The lowest BCUT2D eigenvalue weighted by Gasteiger charge is -2.13. The Bertz CT molecular complexity index is 1150. The predicted octanol–water partition coefficient (Wildman–Crippen LogP) is 3.63. The smallest absolute Gasteiger partial charge is 0.260 e. The van der Waals surface area contributed by atoms with Gasteiger partial charge in [0.15, 0.2) is 5.82 Å². The summed E-state index contributed by atoms with van der Waals surface area (Å²) in [5.74, 6) is 1.22. The van der Waals surface area contributed by atoms with Gasteiger partial charge in [0.05, 0.1) is 29.0 Å². The molecule has 1 aliphatic rings. The molecular formula is C20H21N7O2. The summed E-state index contributed by atoms with van der Waals surface area (Å²) in [5, 5.41) is 11.0. The van der Waals surface area contributed by atoms with Crippen molar-refractivity contribution in [1.29, 1.82) is 0 Å². The number of nitrogens with zero attached hydrogens (tertiary/aromatic N) is 5. The Kier molecular flexibility index (Phi) is 4.50. The molecule has 29 heavy (non-hydrogen) atoms. The molecule has 2 N–H and O–H groups in total. The number of hydrogen-bond donors (Lipinski definition) is 2. The van der Waals surface area contributed by atoms with Gasteiger partial charge in [-0.15, -0.1) is 0 Å². The first-order chi connectivity index (χ1) is 13.9. The van der Waals surface area contributed by atoms with Crippen LogP contribution in [0.1, 0.15) is 35.9 Å². The number of aliphatic imine (C=N–C) groups is 1. The second-order valence-corrected chi connectivity index (χ2v) is 7.17. The summed E-state index contributed by atoms with van der Waals surface area (Å²) in [6.45, 7) is 11.0. The maximum atomic E-state index is 13.1. The summed E-state index contributed by atoms with van der Waals surface area (Å²) >= 11 is 0. The van der Waals surface area contributed by atoms with Crippen molar-refractivity contribution in [3.63, 3.8) is 0 Å². The molecule has 0 aromatic carbocycles. The molecule has 9 heteroatoms. The van der Waals surface area contributed by atoms with Crippen LogP contribution in [0.4, 0.5) is 11.5 Å². The SMILES string of the molecule is C=C/C=C(\N=C)n1cc(NC(=O)c2c(C)oc3ncnc(NC4(C)CC4)c23)cn1. The van der Waals surface area contributed by atoms with Crippen LogP contribution in [-0.2, 0) is 0 Å². The van der Waals surface area contributed by atoms with Gasteiger partial charge in [-0.05, 0) is 39.5 Å². The molecule has 0 radical (unpaired) electrons. The van der Waals surface area contributed by atoms with Crippen molar-refractivity contribution in [3.05, 3.63) is 48.8 Å². The third-order valence-corrected chi connectivity index (χ3v) is 4.82. The van der Waals surface area contributed by atoms with E-state index in [1.165, 1.54) is 17.2 Å². The third kappa shape index (κ3) is 3.54.